The Morgan fingerprint density at radius 2 is 2.00 bits per heavy atom. The molecule has 94 valence electrons. The average molecular weight is 232 g/mol. The first kappa shape index (κ1) is 13.4. The molecular weight excluding hydrogens is 211 g/mol. The normalized spacial score (nSPS) is 36.8. The van der Waals surface area contributed by atoms with Gasteiger partial charge in [0, 0.05) is 0 Å². The van der Waals surface area contributed by atoms with Gasteiger partial charge < -0.3 is 9.84 Å². The molecular formula is C12H21FO3. The van der Waals surface area contributed by atoms with Crippen LogP contribution in [0.3, 0.4) is 0 Å². The number of halogens is 1. The van der Waals surface area contributed by atoms with Crippen LogP contribution < -0.4 is 0 Å². The summed E-state index contributed by atoms with van der Waals surface area (Å²) in [5.41, 5.74) is -1.82. The van der Waals surface area contributed by atoms with Gasteiger partial charge >= 0.3 is 5.97 Å². The molecule has 0 amide bonds. The van der Waals surface area contributed by atoms with E-state index in [1.54, 1.807) is 6.92 Å². The number of esters is 1. The molecule has 3 unspecified atom stereocenters. The Hall–Kier alpha value is -0.640. The molecule has 0 spiro atoms. The molecule has 1 fully saturated rings. The van der Waals surface area contributed by atoms with Crippen LogP contribution in [0.4, 0.5) is 4.39 Å². The Morgan fingerprint density at radius 3 is 2.44 bits per heavy atom. The summed E-state index contributed by atoms with van der Waals surface area (Å²) >= 11 is 0. The zero-order valence-electron chi connectivity index (χ0n) is 10.2. The van der Waals surface area contributed by atoms with E-state index in [1.807, 2.05) is 13.8 Å². The van der Waals surface area contributed by atoms with Gasteiger partial charge in [-0.05, 0) is 38.0 Å². The number of rotatable bonds is 3. The molecule has 0 aliphatic heterocycles. The zero-order valence-corrected chi connectivity index (χ0v) is 10.2. The van der Waals surface area contributed by atoms with Gasteiger partial charge in [-0.1, -0.05) is 13.8 Å². The summed E-state index contributed by atoms with van der Waals surface area (Å²) in [5, 5.41) is 9.72. The molecule has 0 radical (unpaired) electrons. The molecule has 3 atom stereocenters. The Balaban J connectivity index is 2.71. The van der Waals surface area contributed by atoms with Crippen molar-refractivity contribution in [3.63, 3.8) is 0 Å². The van der Waals surface area contributed by atoms with Crippen LogP contribution >= 0.6 is 0 Å². The molecule has 3 nitrogen and oxygen atoms in total. The SMILES string of the molecule is CCOC(=O)C(O)C1(F)CC(C)CC(C)C1. The van der Waals surface area contributed by atoms with Crippen LogP contribution in [0.5, 0.6) is 0 Å². The zero-order chi connectivity index (χ0) is 12.3. The van der Waals surface area contributed by atoms with Gasteiger partial charge in [-0.15, -0.1) is 0 Å². The third-order valence-electron chi connectivity index (χ3n) is 3.18. The first-order chi connectivity index (χ1) is 7.39. The summed E-state index contributed by atoms with van der Waals surface area (Å²) in [7, 11) is 0. The quantitative estimate of drug-likeness (QED) is 0.758. The van der Waals surface area contributed by atoms with Crippen molar-refractivity contribution in [1.29, 1.82) is 0 Å². The summed E-state index contributed by atoms with van der Waals surface area (Å²) in [5.74, 6) is -0.457. The maximum atomic E-state index is 14.5. The fourth-order valence-electron chi connectivity index (χ4n) is 2.75. The number of ether oxygens (including phenoxy) is 1. The van der Waals surface area contributed by atoms with E-state index in [1.165, 1.54) is 0 Å². The first-order valence-electron chi connectivity index (χ1n) is 5.92. The molecule has 1 aliphatic rings. The smallest absolute Gasteiger partial charge is 0.338 e. The van der Waals surface area contributed by atoms with Crippen LogP contribution in [0.25, 0.3) is 0 Å². The van der Waals surface area contributed by atoms with Gasteiger partial charge in [-0.3, -0.25) is 0 Å². The predicted octanol–water partition coefficient (Wildman–Crippen LogP) is 2.07. The number of carbonyl (C=O) groups excluding carboxylic acids is 1. The number of aliphatic hydroxyl groups excluding tert-OH is 1. The third kappa shape index (κ3) is 2.94. The molecule has 0 heterocycles. The molecule has 1 N–H and O–H groups in total. The molecule has 1 aliphatic carbocycles. The van der Waals surface area contributed by atoms with Crippen molar-refractivity contribution < 1.29 is 19.0 Å². The number of hydrogen-bond donors (Lipinski definition) is 1. The maximum absolute atomic E-state index is 14.5. The second-order valence-corrected chi connectivity index (χ2v) is 5.04. The number of alkyl halides is 1. The lowest BCUT2D eigenvalue weighted by atomic mass is 9.72. The molecule has 0 aromatic carbocycles. The Morgan fingerprint density at radius 1 is 1.50 bits per heavy atom. The molecule has 0 aromatic rings. The second kappa shape index (κ2) is 5.13. The molecule has 16 heavy (non-hydrogen) atoms. The molecule has 0 aromatic heterocycles. The van der Waals surface area contributed by atoms with E-state index in [4.69, 9.17) is 0 Å². The van der Waals surface area contributed by atoms with Crippen molar-refractivity contribution in [3.05, 3.63) is 0 Å². The molecule has 1 rings (SSSR count). The van der Waals surface area contributed by atoms with E-state index >= 15 is 0 Å². The first-order valence-corrected chi connectivity index (χ1v) is 5.92. The summed E-state index contributed by atoms with van der Waals surface area (Å²) in [6.07, 6.45) is -0.229. The largest absolute Gasteiger partial charge is 0.464 e. The fraction of sp³-hybridized carbons (Fsp3) is 0.917. The topological polar surface area (TPSA) is 46.5 Å². The van der Waals surface area contributed by atoms with E-state index in [2.05, 4.69) is 4.74 Å². The van der Waals surface area contributed by atoms with Crippen LogP contribution in [0.2, 0.25) is 0 Å². The van der Waals surface area contributed by atoms with Gasteiger partial charge in [-0.25, -0.2) is 9.18 Å². The average Bonchev–Trinajstić information content (AvgIpc) is 2.14. The highest BCUT2D eigenvalue weighted by Crippen LogP contribution is 2.41. The highest BCUT2D eigenvalue weighted by Gasteiger charge is 2.47. The van der Waals surface area contributed by atoms with Crippen LogP contribution in [0.15, 0.2) is 0 Å². The van der Waals surface area contributed by atoms with E-state index in [-0.39, 0.29) is 31.3 Å². The van der Waals surface area contributed by atoms with Gasteiger partial charge in [-0.2, -0.15) is 0 Å². The lowest BCUT2D eigenvalue weighted by Gasteiger charge is -2.38. The number of carbonyl (C=O) groups is 1. The van der Waals surface area contributed by atoms with Crippen LogP contribution in [0, 0.1) is 11.8 Å². The Kier molecular flexibility index (Phi) is 4.30. The van der Waals surface area contributed by atoms with Gasteiger partial charge in [0.05, 0.1) is 6.61 Å². The number of hydrogen-bond acceptors (Lipinski definition) is 3. The molecule has 0 saturated heterocycles. The summed E-state index contributed by atoms with van der Waals surface area (Å²) in [6, 6.07) is 0. The van der Waals surface area contributed by atoms with E-state index < -0.39 is 17.7 Å². The van der Waals surface area contributed by atoms with Crippen molar-refractivity contribution in [3.8, 4) is 0 Å². The van der Waals surface area contributed by atoms with Crippen molar-refractivity contribution in [2.45, 2.75) is 51.8 Å². The Labute approximate surface area is 96.0 Å². The van der Waals surface area contributed by atoms with Gasteiger partial charge in [0.2, 0.25) is 0 Å². The summed E-state index contributed by atoms with van der Waals surface area (Å²) in [4.78, 5) is 11.3. The van der Waals surface area contributed by atoms with Crippen LogP contribution in [0.1, 0.15) is 40.0 Å². The van der Waals surface area contributed by atoms with Crippen molar-refractivity contribution >= 4 is 5.97 Å². The van der Waals surface area contributed by atoms with Crippen LogP contribution in [-0.2, 0) is 9.53 Å². The fourth-order valence-corrected chi connectivity index (χ4v) is 2.75. The standard InChI is InChI=1S/C12H21FO3/c1-4-16-11(15)10(14)12(13)6-8(2)5-9(3)7-12/h8-10,14H,4-7H2,1-3H3. The maximum Gasteiger partial charge on any atom is 0.338 e. The highest BCUT2D eigenvalue weighted by molar-refractivity contribution is 5.76. The lowest BCUT2D eigenvalue weighted by Crippen LogP contribution is -2.48. The van der Waals surface area contributed by atoms with E-state index in [9.17, 15) is 14.3 Å². The monoisotopic (exact) mass is 232 g/mol. The van der Waals surface area contributed by atoms with E-state index in [0.29, 0.717) is 0 Å². The summed E-state index contributed by atoms with van der Waals surface area (Å²) < 4.78 is 19.2. The van der Waals surface area contributed by atoms with Crippen molar-refractivity contribution in [1.82, 2.24) is 0 Å². The van der Waals surface area contributed by atoms with E-state index in [0.717, 1.165) is 6.42 Å². The van der Waals surface area contributed by atoms with Gasteiger partial charge in [0.15, 0.2) is 6.10 Å². The third-order valence-corrected chi connectivity index (χ3v) is 3.18. The molecule has 0 bridgehead atoms. The minimum absolute atomic E-state index is 0.164. The minimum atomic E-state index is -1.82. The lowest BCUT2D eigenvalue weighted by molar-refractivity contribution is -0.166. The van der Waals surface area contributed by atoms with Gasteiger partial charge in [0.25, 0.3) is 0 Å². The Bertz CT molecular complexity index is 245. The van der Waals surface area contributed by atoms with Crippen molar-refractivity contribution in [2.24, 2.45) is 11.8 Å². The van der Waals surface area contributed by atoms with Crippen molar-refractivity contribution in [2.75, 3.05) is 6.61 Å². The number of aliphatic hydroxyl groups is 1. The minimum Gasteiger partial charge on any atom is -0.464 e. The predicted molar refractivity (Wildman–Crippen MR) is 58.7 cm³/mol. The van der Waals surface area contributed by atoms with Crippen LogP contribution in [-0.4, -0.2) is 29.5 Å². The summed E-state index contributed by atoms with van der Waals surface area (Å²) in [6.45, 7) is 5.70. The second-order valence-electron chi connectivity index (χ2n) is 5.04. The molecule has 4 heteroatoms. The molecule has 1 saturated carbocycles. The van der Waals surface area contributed by atoms with Gasteiger partial charge in [0.1, 0.15) is 5.67 Å². The highest BCUT2D eigenvalue weighted by atomic mass is 19.1.